The lowest BCUT2D eigenvalue weighted by Crippen LogP contribution is -1.91. The number of pyridine rings is 1. The number of para-hydroxylation sites is 1. The van der Waals surface area contributed by atoms with Crippen LogP contribution in [0.1, 0.15) is 11.1 Å². The first kappa shape index (κ1) is 10.2. The second-order valence-electron chi connectivity index (χ2n) is 5.37. The Morgan fingerprint density at radius 3 is 2.80 bits per heavy atom. The predicted octanol–water partition coefficient (Wildman–Crippen LogP) is 4.36. The van der Waals surface area contributed by atoms with Crippen molar-refractivity contribution in [3.8, 4) is 0 Å². The van der Waals surface area contributed by atoms with Crippen LogP contribution in [0, 0.1) is 0 Å². The molecule has 0 aliphatic heterocycles. The maximum absolute atomic E-state index is 4.93. The SMILES string of the molecule is Cn1c2ccccc2c2nc3cccc4c3c(c21)C=C4. The highest BCUT2D eigenvalue weighted by Crippen LogP contribution is 2.38. The van der Waals surface area contributed by atoms with Crippen LogP contribution in [-0.2, 0) is 7.05 Å². The lowest BCUT2D eigenvalue weighted by atomic mass is 10.1. The summed E-state index contributed by atoms with van der Waals surface area (Å²) in [5.41, 5.74) is 7.25. The minimum Gasteiger partial charge on any atom is -0.342 e. The number of aromatic nitrogens is 2. The van der Waals surface area contributed by atoms with Crippen LogP contribution in [-0.4, -0.2) is 9.55 Å². The van der Waals surface area contributed by atoms with E-state index < -0.39 is 0 Å². The molecule has 0 spiro atoms. The predicted molar refractivity (Wildman–Crippen MR) is 84.7 cm³/mol. The van der Waals surface area contributed by atoms with Crippen molar-refractivity contribution in [3.63, 3.8) is 0 Å². The molecule has 0 unspecified atom stereocenters. The van der Waals surface area contributed by atoms with Gasteiger partial charge < -0.3 is 4.57 Å². The molecule has 2 heterocycles. The summed E-state index contributed by atoms with van der Waals surface area (Å²) >= 11 is 0. The molecule has 0 fully saturated rings. The summed E-state index contributed by atoms with van der Waals surface area (Å²) in [6, 6.07) is 14.8. The average molecular weight is 256 g/mol. The molecule has 0 N–H and O–H groups in total. The maximum atomic E-state index is 4.93. The fraction of sp³-hybridized carbons (Fsp3) is 0.0556. The number of hydrogen-bond donors (Lipinski definition) is 0. The summed E-state index contributed by atoms with van der Waals surface area (Å²) < 4.78 is 2.26. The van der Waals surface area contributed by atoms with E-state index in [1.165, 1.54) is 32.9 Å². The Hall–Kier alpha value is -2.61. The summed E-state index contributed by atoms with van der Waals surface area (Å²) in [6.07, 6.45) is 4.41. The Bertz CT molecular complexity index is 1050. The standard InChI is InChI=1S/C18H12N2/c1-20-15-8-3-2-6-12(15)17-18(20)13-10-9-11-5-4-7-14(19-17)16(11)13/h2-10H,1H3. The zero-order valence-electron chi connectivity index (χ0n) is 11.1. The van der Waals surface area contributed by atoms with E-state index in [1.807, 2.05) is 0 Å². The quantitative estimate of drug-likeness (QED) is 0.402. The molecule has 0 saturated heterocycles. The van der Waals surface area contributed by atoms with Gasteiger partial charge in [0.15, 0.2) is 0 Å². The summed E-state index contributed by atoms with van der Waals surface area (Å²) in [7, 11) is 2.13. The highest BCUT2D eigenvalue weighted by molar-refractivity contribution is 6.17. The van der Waals surface area contributed by atoms with Gasteiger partial charge in [0.1, 0.15) is 0 Å². The fourth-order valence-electron chi connectivity index (χ4n) is 3.45. The van der Waals surface area contributed by atoms with Crippen LogP contribution in [0.4, 0.5) is 0 Å². The van der Waals surface area contributed by atoms with Crippen molar-refractivity contribution in [2.75, 3.05) is 0 Å². The monoisotopic (exact) mass is 256 g/mol. The first-order valence-electron chi connectivity index (χ1n) is 6.82. The van der Waals surface area contributed by atoms with Crippen LogP contribution in [0.15, 0.2) is 42.5 Å². The lowest BCUT2D eigenvalue weighted by molar-refractivity contribution is 1.01. The third kappa shape index (κ3) is 1.04. The molecular formula is C18H12N2. The summed E-state index contributed by atoms with van der Waals surface area (Å²) in [5, 5.41) is 2.51. The summed E-state index contributed by atoms with van der Waals surface area (Å²) in [5.74, 6) is 0. The molecule has 2 heteroatoms. The van der Waals surface area contributed by atoms with Crippen molar-refractivity contribution in [2.24, 2.45) is 7.05 Å². The number of hydrogen-bond acceptors (Lipinski definition) is 1. The highest BCUT2D eigenvalue weighted by Gasteiger charge is 2.18. The summed E-state index contributed by atoms with van der Waals surface area (Å²) in [6.45, 7) is 0. The Morgan fingerprint density at radius 1 is 0.950 bits per heavy atom. The average Bonchev–Trinajstić information content (AvgIpc) is 3.03. The van der Waals surface area contributed by atoms with E-state index in [0.717, 1.165) is 11.0 Å². The van der Waals surface area contributed by atoms with Crippen LogP contribution in [0.5, 0.6) is 0 Å². The molecule has 0 bridgehead atoms. The van der Waals surface area contributed by atoms with Gasteiger partial charge in [0.25, 0.3) is 0 Å². The van der Waals surface area contributed by atoms with Crippen LogP contribution in [0.25, 0.3) is 45.0 Å². The van der Waals surface area contributed by atoms with Crippen molar-refractivity contribution in [2.45, 2.75) is 0 Å². The van der Waals surface area contributed by atoms with Crippen LogP contribution >= 0.6 is 0 Å². The molecule has 2 nitrogen and oxygen atoms in total. The number of aryl methyl sites for hydroxylation is 1. The zero-order chi connectivity index (χ0) is 13.3. The number of fused-ring (bicyclic) bond motifs is 4. The van der Waals surface area contributed by atoms with Crippen molar-refractivity contribution in [1.82, 2.24) is 9.55 Å². The molecule has 20 heavy (non-hydrogen) atoms. The van der Waals surface area contributed by atoms with Gasteiger partial charge in [-0.3, -0.25) is 0 Å². The van der Waals surface area contributed by atoms with Crippen LogP contribution in [0.2, 0.25) is 0 Å². The van der Waals surface area contributed by atoms with Gasteiger partial charge in [0.05, 0.1) is 22.1 Å². The molecule has 2 aromatic carbocycles. The normalized spacial score (nSPS) is 13.1. The van der Waals surface area contributed by atoms with E-state index in [9.17, 15) is 0 Å². The van der Waals surface area contributed by atoms with E-state index in [1.54, 1.807) is 0 Å². The Balaban J connectivity index is 2.19. The van der Waals surface area contributed by atoms with Gasteiger partial charge in [0.2, 0.25) is 0 Å². The number of rotatable bonds is 0. The molecule has 1 aliphatic rings. The Morgan fingerprint density at radius 2 is 1.85 bits per heavy atom. The third-order valence-electron chi connectivity index (χ3n) is 4.34. The maximum Gasteiger partial charge on any atom is 0.0973 e. The molecule has 4 aromatic rings. The number of benzene rings is 2. The number of nitrogens with zero attached hydrogens (tertiary/aromatic N) is 2. The van der Waals surface area contributed by atoms with E-state index in [4.69, 9.17) is 4.98 Å². The first-order chi connectivity index (χ1) is 9.84. The van der Waals surface area contributed by atoms with Crippen molar-refractivity contribution >= 4 is 45.0 Å². The van der Waals surface area contributed by atoms with E-state index in [0.29, 0.717) is 0 Å². The highest BCUT2D eigenvalue weighted by atomic mass is 15.0. The van der Waals surface area contributed by atoms with Gasteiger partial charge >= 0.3 is 0 Å². The smallest absolute Gasteiger partial charge is 0.0973 e. The van der Waals surface area contributed by atoms with E-state index in [-0.39, 0.29) is 0 Å². The van der Waals surface area contributed by atoms with E-state index >= 15 is 0 Å². The summed E-state index contributed by atoms with van der Waals surface area (Å²) in [4.78, 5) is 4.93. The second-order valence-corrected chi connectivity index (χ2v) is 5.37. The second kappa shape index (κ2) is 3.28. The third-order valence-corrected chi connectivity index (χ3v) is 4.34. The van der Waals surface area contributed by atoms with Gasteiger partial charge in [-0.15, -0.1) is 0 Å². The molecule has 0 amide bonds. The van der Waals surface area contributed by atoms with Gasteiger partial charge in [-0.25, -0.2) is 4.98 Å². The van der Waals surface area contributed by atoms with Crippen molar-refractivity contribution in [1.29, 1.82) is 0 Å². The fourth-order valence-corrected chi connectivity index (χ4v) is 3.45. The van der Waals surface area contributed by atoms with Crippen LogP contribution < -0.4 is 0 Å². The van der Waals surface area contributed by atoms with E-state index in [2.05, 4.69) is 66.2 Å². The van der Waals surface area contributed by atoms with Gasteiger partial charge in [-0.1, -0.05) is 42.5 Å². The minimum atomic E-state index is 1.09. The topological polar surface area (TPSA) is 17.8 Å². The zero-order valence-corrected chi connectivity index (χ0v) is 11.1. The largest absolute Gasteiger partial charge is 0.342 e. The molecule has 1 aliphatic carbocycles. The van der Waals surface area contributed by atoms with Gasteiger partial charge in [-0.05, 0) is 17.7 Å². The molecule has 0 saturated carbocycles. The molecule has 5 rings (SSSR count). The molecule has 94 valence electrons. The Labute approximate surface area is 116 Å². The molecule has 2 aromatic heterocycles. The van der Waals surface area contributed by atoms with Crippen LogP contribution in [0.3, 0.4) is 0 Å². The molecule has 0 radical (unpaired) electrons. The lowest BCUT2D eigenvalue weighted by Gasteiger charge is -2.05. The van der Waals surface area contributed by atoms with Gasteiger partial charge in [0, 0.05) is 23.4 Å². The van der Waals surface area contributed by atoms with Gasteiger partial charge in [-0.2, -0.15) is 0 Å². The molecule has 0 atom stereocenters. The van der Waals surface area contributed by atoms with Crippen molar-refractivity contribution < 1.29 is 0 Å². The minimum absolute atomic E-state index is 1.09. The first-order valence-corrected chi connectivity index (χ1v) is 6.82. The van der Waals surface area contributed by atoms with Crippen molar-refractivity contribution in [3.05, 3.63) is 53.6 Å². The Kier molecular flexibility index (Phi) is 1.68. The molecular weight excluding hydrogens is 244 g/mol.